The molecule has 5 aliphatic rings. The first kappa shape index (κ1) is 36.8. The summed E-state index contributed by atoms with van der Waals surface area (Å²) in [5.41, 5.74) is 4.49. The minimum Gasteiger partial charge on any atom is -0.371 e. The van der Waals surface area contributed by atoms with E-state index < -0.39 is 29.4 Å². The van der Waals surface area contributed by atoms with Crippen LogP contribution in [0.1, 0.15) is 123 Å². The molecule has 1 saturated carbocycles. The number of imide groups is 1. The molecule has 1 aliphatic carbocycles. The summed E-state index contributed by atoms with van der Waals surface area (Å²) in [4.78, 5) is 46.6. The molecule has 4 aliphatic heterocycles. The first-order valence-electron chi connectivity index (χ1n) is 19.7. The van der Waals surface area contributed by atoms with Gasteiger partial charge in [0, 0.05) is 42.3 Å². The number of amides is 2. The van der Waals surface area contributed by atoms with E-state index in [2.05, 4.69) is 39.6 Å². The average Bonchev–Trinajstić information content (AvgIpc) is 3.40. The zero-order valence-electron chi connectivity index (χ0n) is 30.9. The molecule has 2 aromatic carbocycles. The van der Waals surface area contributed by atoms with Gasteiger partial charge in [-0.2, -0.15) is 4.98 Å². The molecule has 5 heterocycles. The third kappa shape index (κ3) is 6.53. The van der Waals surface area contributed by atoms with Crippen LogP contribution < -0.4 is 15.8 Å². The van der Waals surface area contributed by atoms with Gasteiger partial charge in [0.05, 0.1) is 28.3 Å². The van der Waals surface area contributed by atoms with Crippen LogP contribution in [-0.2, 0) is 15.0 Å². The van der Waals surface area contributed by atoms with E-state index in [-0.39, 0.29) is 34.4 Å². The summed E-state index contributed by atoms with van der Waals surface area (Å²) in [6, 6.07) is 9.65. The molecule has 11 heteroatoms. The Hall–Kier alpha value is -4.15. The Bertz CT molecular complexity index is 2070. The Morgan fingerprint density at radius 3 is 2.33 bits per heavy atom. The number of hydrogen-bond acceptors (Lipinski definition) is 6. The van der Waals surface area contributed by atoms with Gasteiger partial charge in [0.2, 0.25) is 11.8 Å². The van der Waals surface area contributed by atoms with Gasteiger partial charge in [0.1, 0.15) is 17.5 Å². The van der Waals surface area contributed by atoms with Gasteiger partial charge < -0.3 is 9.80 Å². The van der Waals surface area contributed by atoms with Crippen molar-refractivity contribution in [2.24, 2.45) is 5.92 Å². The van der Waals surface area contributed by atoms with E-state index in [0.29, 0.717) is 36.2 Å². The molecule has 1 unspecified atom stereocenters. The maximum absolute atomic E-state index is 15.2. The smallest absolute Gasteiger partial charge is 0.282 e. The number of aromatic nitrogens is 2. The minimum atomic E-state index is -0.995. The van der Waals surface area contributed by atoms with Crippen LogP contribution in [-0.4, -0.2) is 59.0 Å². The van der Waals surface area contributed by atoms with Crippen molar-refractivity contribution in [1.82, 2.24) is 19.8 Å². The van der Waals surface area contributed by atoms with Crippen LogP contribution in [0, 0.1) is 17.6 Å². The second kappa shape index (κ2) is 14.8. The van der Waals surface area contributed by atoms with Crippen LogP contribution in [0.4, 0.5) is 14.5 Å². The summed E-state index contributed by atoms with van der Waals surface area (Å²) in [6.07, 6.45) is 13.4. The molecule has 3 saturated heterocycles. The Morgan fingerprint density at radius 1 is 0.981 bits per heavy atom. The summed E-state index contributed by atoms with van der Waals surface area (Å²) < 4.78 is 32.6. The van der Waals surface area contributed by atoms with Crippen LogP contribution in [0.2, 0.25) is 0 Å². The van der Waals surface area contributed by atoms with Crippen LogP contribution in [0.15, 0.2) is 47.8 Å². The molecule has 2 amide bonds. The molecule has 0 bridgehead atoms. The molecule has 1 N–H and O–H groups in total. The molecule has 1 spiro atoms. The molecular weight excluding hydrogens is 708 g/mol. The summed E-state index contributed by atoms with van der Waals surface area (Å²) in [5.74, 6) is -1.75. The average molecular weight is 756 g/mol. The highest BCUT2D eigenvalue weighted by atomic mass is 35.5. The monoisotopic (exact) mass is 755 g/mol. The van der Waals surface area contributed by atoms with E-state index >= 15 is 8.78 Å². The first-order valence-corrected chi connectivity index (χ1v) is 20.1. The van der Waals surface area contributed by atoms with Crippen molar-refractivity contribution in [2.45, 2.75) is 94.8 Å². The molecule has 1 atom stereocenters. The summed E-state index contributed by atoms with van der Waals surface area (Å²) in [5, 5.41) is 2.41. The largest absolute Gasteiger partial charge is 0.371 e. The van der Waals surface area contributed by atoms with E-state index in [1.807, 2.05) is 24.0 Å². The predicted octanol–water partition coefficient (Wildman–Crippen LogP) is 7.93. The molecule has 54 heavy (non-hydrogen) atoms. The molecule has 284 valence electrons. The SMILES string of the molecule is C=C(Cl)c1c(/C=C\C)n2c(nc1=O)C1(CCCCC1)c1ccc(C3CCN(CC4CCN(c5cc(F)c(C6CCC(=O)NC6=O)c(F)c5)CC4)CC3)cc1-2. The maximum atomic E-state index is 15.2. The first-order chi connectivity index (χ1) is 26.1. The van der Waals surface area contributed by atoms with Crippen molar-refractivity contribution in [3.8, 4) is 5.69 Å². The fourth-order valence-electron chi connectivity index (χ4n) is 10.1. The van der Waals surface area contributed by atoms with Crippen molar-refractivity contribution in [2.75, 3.05) is 37.6 Å². The minimum absolute atomic E-state index is 0.0685. The summed E-state index contributed by atoms with van der Waals surface area (Å²) in [6.45, 7) is 10.3. The Morgan fingerprint density at radius 2 is 1.69 bits per heavy atom. The fourth-order valence-corrected chi connectivity index (χ4v) is 10.3. The highest BCUT2D eigenvalue weighted by molar-refractivity contribution is 6.48. The van der Waals surface area contributed by atoms with Gasteiger partial charge in [0.25, 0.3) is 5.56 Å². The molecule has 0 radical (unpaired) electrons. The fraction of sp³-hybridized carbons (Fsp3) is 0.488. The lowest BCUT2D eigenvalue weighted by Crippen LogP contribution is -2.41. The Balaban J connectivity index is 0.928. The van der Waals surface area contributed by atoms with Crippen LogP contribution >= 0.6 is 11.6 Å². The Kier molecular flexibility index (Phi) is 10.1. The normalized spacial score (nSPS) is 22.1. The van der Waals surface area contributed by atoms with E-state index in [4.69, 9.17) is 16.6 Å². The van der Waals surface area contributed by atoms with Gasteiger partial charge in [-0.3, -0.25) is 24.3 Å². The Labute approximate surface area is 320 Å². The number of anilines is 1. The van der Waals surface area contributed by atoms with Crippen molar-refractivity contribution in [3.05, 3.63) is 98.7 Å². The van der Waals surface area contributed by atoms with Gasteiger partial charge >= 0.3 is 0 Å². The number of piperidine rings is 3. The zero-order chi connectivity index (χ0) is 37.7. The van der Waals surface area contributed by atoms with Crippen LogP contribution in [0.3, 0.4) is 0 Å². The van der Waals surface area contributed by atoms with Gasteiger partial charge in [-0.25, -0.2) is 8.78 Å². The van der Waals surface area contributed by atoms with Crippen molar-refractivity contribution in [1.29, 1.82) is 0 Å². The highest BCUT2D eigenvalue weighted by Gasteiger charge is 2.47. The molecular formula is C43H48ClF2N5O3. The second-order valence-electron chi connectivity index (χ2n) is 16.0. The summed E-state index contributed by atoms with van der Waals surface area (Å²) in [7, 11) is 0. The number of carbonyl (C=O) groups is 2. The number of hydrogen-bond donors (Lipinski definition) is 1. The van der Waals surface area contributed by atoms with Crippen molar-refractivity contribution >= 4 is 40.2 Å². The number of rotatable bonds is 7. The quantitative estimate of drug-likeness (QED) is 0.247. The van der Waals surface area contributed by atoms with Crippen LogP contribution in [0.25, 0.3) is 16.8 Å². The number of nitrogens with zero attached hydrogens (tertiary/aromatic N) is 4. The van der Waals surface area contributed by atoms with E-state index in [1.165, 1.54) is 29.7 Å². The molecule has 4 fully saturated rings. The second-order valence-corrected chi connectivity index (χ2v) is 16.4. The topological polar surface area (TPSA) is 87.5 Å². The number of benzene rings is 2. The standard InChI is InChI=1S/C43H48ClF2N5O3/c1-3-7-35-38(26(2)44)41(54)48-42-43(16-5-4-6-17-43)32-10-8-29(22-36(32)51(35)42)28-14-18-49(19-15-28)25-27-12-20-50(21-13-27)30-23-33(45)39(34(46)24-30)31-9-11-37(52)47-40(31)53/h3,7-8,10,22-24,27-28,31H,2,4-6,9,11-21,25H2,1H3,(H,47,52,53)/b7-3-. The van der Waals surface area contributed by atoms with Gasteiger partial charge in [-0.1, -0.05) is 55.7 Å². The van der Waals surface area contributed by atoms with Gasteiger partial charge in [0.15, 0.2) is 0 Å². The van der Waals surface area contributed by atoms with Crippen molar-refractivity contribution < 1.29 is 18.4 Å². The lowest BCUT2D eigenvalue weighted by molar-refractivity contribution is -0.134. The summed E-state index contributed by atoms with van der Waals surface area (Å²) >= 11 is 6.44. The van der Waals surface area contributed by atoms with Crippen LogP contribution in [0.5, 0.6) is 0 Å². The van der Waals surface area contributed by atoms with Gasteiger partial charge in [-0.15, -0.1) is 0 Å². The number of likely N-dealkylation sites (tertiary alicyclic amines) is 1. The zero-order valence-corrected chi connectivity index (χ0v) is 31.7. The third-order valence-electron chi connectivity index (χ3n) is 12.8. The van der Waals surface area contributed by atoms with Gasteiger partial charge in [-0.05, 0) is 112 Å². The highest BCUT2D eigenvalue weighted by Crippen LogP contribution is 2.52. The van der Waals surface area contributed by atoms with E-state index in [0.717, 1.165) is 88.2 Å². The molecule has 3 aromatic rings. The number of carbonyl (C=O) groups excluding carboxylic acids is 2. The maximum Gasteiger partial charge on any atom is 0.282 e. The number of halogens is 3. The van der Waals surface area contributed by atoms with E-state index in [9.17, 15) is 14.4 Å². The van der Waals surface area contributed by atoms with Crippen molar-refractivity contribution in [3.63, 3.8) is 0 Å². The lowest BCUT2D eigenvalue weighted by atomic mass is 9.69. The molecule has 8 rings (SSSR count). The molecule has 8 nitrogen and oxygen atoms in total. The lowest BCUT2D eigenvalue weighted by Gasteiger charge is -2.38. The molecule has 1 aromatic heterocycles. The number of fused-ring (bicyclic) bond motifs is 5. The number of allylic oxidation sites excluding steroid dienone is 1. The number of nitrogens with one attached hydrogen (secondary N) is 1. The third-order valence-corrected chi connectivity index (χ3v) is 13.0. The van der Waals surface area contributed by atoms with E-state index in [1.54, 1.807) is 0 Å². The predicted molar refractivity (Wildman–Crippen MR) is 208 cm³/mol.